The van der Waals surface area contributed by atoms with Crippen LogP contribution in [0.25, 0.3) is 11.3 Å². The van der Waals surface area contributed by atoms with Gasteiger partial charge in [-0.05, 0) is 43.7 Å². The van der Waals surface area contributed by atoms with Crippen LogP contribution in [0, 0.1) is 0 Å². The molecule has 0 saturated carbocycles. The van der Waals surface area contributed by atoms with Gasteiger partial charge in [0.2, 0.25) is 5.91 Å². The monoisotopic (exact) mass is 513 g/mol. The molecule has 12 heteroatoms. The molecule has 1 aliphatic rings. The maximum atomic E-state index is 12.2. The second kappa shape index (κ2) is 9.70. The Bertz CT molecular complexity index is 1420. The van der Waals surface area contributed by atoms with Gasteiger partial charge in [0.1, 0.15) is 23.8 Å². The highest BCUT2D eigenvalue weighted by atomic mass is 32.2. The van der Waals surface area contributed by atoms with Gasteiger partial charge < -0.3 is 24.8 Å². The lowest BCUT2D eigenvalue weighted by Crippen LogP contribution is -2.39. The molecule has 0 saturated heterocycles. The van der Waals surface area contributed by atoms with E-state index in [0.717, 1.165) is 6.26 Å². The molecule has 3 aromatic heterocycles. The predicted molar refractivity (Wildman–Crippen MR) is 133 cm³/mol. The first-order valence-corrected chi connectivity index (χ1v) is 12.9. The second-order valence-corrected chi connectivity index (χ2v) is 10.9. The number of nitrogens with zero attached hydrogens (tertiary/aromatic N) is 3. The van der Waals surface area contributed by atoms with Crippen molar-refractivity contribution in [2.24, 2.45) is 0 Å². The van der Waals surface area contributed by atoms with E-state index in [2.05, 4.69) is 25.6 Å². The number of aromatic nitrogens is 3. The van der Waals surface area contributed by atoms with Crippen LogP contribution in [-0.2, 0) is 26.0 Å². The lowest BCUT2D eigenvalue weighted by Gasteiger charge is -2.31. The van der Waals surface area contributed by atoms with Crippen molar-refractivity contribution >= 4 is 33.1 Å². The lowest BCUT2D eigenvalue weighted by atomic mass is 10.1. The fourth-order valence-electron chi connectivity index (χ4n) is 3.52. The molecule has 11 nitrogen and oxygen atoms in total. The number of fused-ring (bicyclic) bond motifs is 1. The third-order valence-corrected chi connectivity index (χ3v) is 6.04. The Morgan fingerprint density at radius 3 is 2.64 bits per heavy atom. The van der Waals surface area contributed by atoms with Gasteiger partial charge in [-0.25, -0.2) is 23.4 Å². The highest BCUT2D eigenvalue weighted by Gasteiger charge is 2.29. The highest BCUT2D eigenvalue weighted by molar-refractivity contribution is 7.90. The third-order valence-electron chi connectivity index (χ3n) is 5.07. The molecule has 2 N–H and O–H groups in total. The Labute approximate surface area is 209 Å². The Morgan fingerprint density at radius 1 is 1.17 bits per heavy atom. The van der Waals surface area contributed by atoms with E-state index in [9.17, 15) is 13.2 Å². The van der Waals surface area contributed by atoms with Crippen molar-refractivity contribution in [3.8, 4) is 22.9 Å². The van der Waals surface area contributed by atoms with E-state index < -0.39 is 15.4 Å². The maximum absolute atomic E-state index is 12.2. The van der Waals surface area contributed by atoms with Crippen LogP contribution in [0.5, 0.6) is 11.6 Å². The van der Waals surface area contributed by atoms with E-state index >= 15 is 0 Å². The molecule has 0 radical (unpaired) electrons. The van der Waals surface area contributed by atoms with Gasteiger partial charge in [0.05, 0.1) is 18.0 Å². The molecule has 36 heavy (non-hydrogen) atoms. The number of anilines is 3. The van der Waals surface area contributed by atoms with E-state index in [-0.39, 0.29) is 23.4 Å². The number of nitrogens with one attached hydrogen (secondary N) is 2. The molecule has 0 bridgehead atoms. The molecule has 0 unspecified atom stereocenters. The molecule has 0 aromatic carbocycles. The van der Waals surface area contributed by atoms with E-state index in [1.807, 2.05) is 13.8 Å². The minimum absolute atomic E-state index is 0.100. The van der Waals surface area contributed by atoms with Crippen LogP contribution >= 0.6 is 0 Å². The maximum Gasteiger partial charge on any atom is 0.258 e. The summed E-state index contributed by atoms with van der Waals surface area (Å²) >= 11 is 0. The summed E-state index contributed by atoms with van der Waals surface area (Å²) in [6, 6.07) is 8.28. The fourth-order valence-corrected chi connectivity index (χ4v) is 4.15. The van der Waals surface area contributed by atoms with Gasteiger partial charge in [-0.3, -0.25) is 4.79 Å². The van der Waals surface area contributed by atoms with E-state index in [1.165, 1.54) is 20.1 Å². The molecular formula is C24H27N5O6S. The van der Waals surface area contributed by atoms with Gasteiger partial charge in [0, 0.05) is 38.1 Å². The lowest BCUT2D eigenvalue weighted by molar-refractivity contribution is -0.114. The van der Waals surface area contributed by atoms with Crippen molar-refractivity contribution in [2.75, 3.05) is 30.6 Å². The second-order valence-electron chi connectivity index (χ2n) is 8.98. The number of ether oxygens (including phenoxy) is 3. The number of amides is 1. The van der Waals surface area contributed by atoms with Gasteiger partial charge in [-0.15, -0.1) is 0 Å². The summed E-state index contributed by atoms with van der Waals surface area (Å²) in [5.41, 5.74) is 1.65. The number of carbonyl (C=O) groups excluding carboxylic acids is 1. The molecule has 3 aromatic rings. The van der Waals surface area contributed by atoms with Gasteiger partial charge in [-0.2, -0.15) is 0 Å². The van der Waals surface area contributed by atoms with Crippen LogP contribution in [0.3, 0.4) is 0 Å². The smallest absolute Gasteiger partial charge is 0.258 e. The summed E-state index contributed by atoms with van der Waals surface area (Å²) < 4.78 is 41.4. The Morgan fingerprint density at radius 2 is 1.94 bits per heavy atom. The van der Waals surface area contributed by atoms with Gasteiger partial charge in [0.15, 0.2) is 20.6 Å². The summed E-state index contributed by atoms with van der Waals surface area (Å²) in [6.07, 6.45) is 2.64. The molecule has 0 fully saturated rings. The zero-order valence-electron chi connectivity index (χ0n) is 20.6. The Kier molecular flexibility index (Phi) is 6.83. The minimum atomic E-state index is -3.58. The average molecular weight is 514 g/mol. The quantitative estimate of drug-likeness (QED) is 0.483. The first-order valence-electron chi connectivity index (χ1n) is 11.0. The summed E-state index contributed by atoms with van der Waals surface area (Å²) in [6.45, 7) is 5.77. The first-order chi connectivity index (χ1) is 16.9. The first kappa shape index (κ1) is 25.3. The predicted octanol–water partition coefficient (Wildman–Crippen LogP) is 3.34. The van der Waals surface area contributed by atoms with Gasteiger partial charge in [-0.1, -0.05) is 0 Å². The summed E-state index contributed by atoms with van der Waals surface area (Å²) in [4.78, 5) is 24.8. The number of sulfone groups is 1. The fraction of sp³-hybridized carbons (Fsp3) is 0.333. The largest absolute Gasteiger partial charge is 0.484 e. The molecule has 1 aliphatic heterocycles. The number of methoxy groups -OCH3 is 1. The van der Waals surface area contributed by atoms with E-state index in [1.54, 1.807) is 30.5 Å². The molecule has 0 aliphatic carbocycles. The van der Waals surface area contributed by atoms with Crippen molar-refractivity contribution in [1.29, 1.82) is 0 Å². The molecule has 0 spiro atoms. The number of pyridine rings is 3. The van der Waals surface area contributed by atoms with Crippen LogP contribution in [0.2, 0.25) is 0 Å². The molecular weight excluding hydrogens is 486 g/mol. The van der Waals surface area contributed by atoms with Crippen LogP contribution in [0.15, 0.2) is 41.6 Å². The summed E-state index contributed by atoms with van der Waals surface area (Å²) in [7, 11) is -2.07. The van der Waals surface area contributed by atoms with E-state index in [4.69, 9.17) is 14.2 Å². The Hall–Kier alpha value is -3.77. The van der Waals surface area contributed by atoms with Gasteiger partial charge >= 0.3 is 0 Å². The molecule has 4 rings (SSSR count). The van der Waals surface area contributed by atoms with Gasteiger partial charge in [0.25, 0.3) is 5.88 Å². The molecule has 190 valence electrons. The summed E-state index contributed by atoms with van der Waals surface area (Å²) in [5.74, 6) is 1.15. The van der Waals surface area contributed by atoms with E-state index in [0.29, 0.717) is 46.6 Å². The topological polar surface area (TPSA) is 142 Å². The van der Waals surface area contributed by atoms with Crippen LogP contribution in [0.4, 0.5) is 17.3 Å². The van der Waals surface area contributed by atoms with Crippen molar-refractivity contribution in [1.82, 2.24) is 15.0 Å². The number of rotatable bonds is 7. The standard InChI is InChI=1S/C24H27N5O6S/c1-14(30)26-20-10-18(27-21-8-15(12-33-4)9-22(29-21)36(5,31)32)16(11-25-20)17-6-7-19-23(28-17)35-24(2,3)13-34-19/h6-11H,12-13H2,1-5H3,(H2,25,26,27,29,30). The SMILES string of the molecule is COCc1cc(Nc2cc(NC(C)=O)ncc2-c2ccc3c(n2)OC(C)(C)CO3)nc(S(C)(=O)=O)c1. The highest BCUT2D eigenvalue weighted by Crippen LogP contribution is 2.38. The van der Waals surface area contributed by atoms with Crippen molar-refractivity contribution in [3.63, 3.8) is 0 Å². The van der Waals surface area contributed by atoms with Crippen molar-refractivity contribution < 1.29 is 27.4 Å². The minimum Gasteiger partial charge on any atom is -0.484 e. The van der Waals surface area contributed by atoms with Crippen LogP contribution < -0.4 is 20.1 Å². The third kappa shape index (κ3) is 5.89. The Balaban J connectivity index is 1.80. The zero-order chi connectivity index (χ0) is 26.1. The zero-order valence-corrected chi connectivity index (χ0v) is 21.4. The normalized spacial score (nSPS) is 14.2. The van der Waals surface area contributed by atoms with Crippen LogP contribution in [-0.4, -0.2) is 54.9 Å². The summed E-state index contributed by atoms with van der Waals surface area (Å²) in [5, 5.41) is 5.70. The molecule has 4 heterocycles. The van der Waals surface area contributed by atoms with Crippen molar-refractivity contribution in [3.05, 3.63) is 42.1 Å². The average Bonchev–Trinajstić information content (AvgIpc) is 2.77. The molecule has 1 amide bonds. The number of carbonyl (C=O) groups is 1. The number of hydrogen-bond acceptors (Lipinski definition) is 10. The van der Waals surface area contributed by atoms with Crippen molar-refractivity contribution in [2.45, 2.75) is 38.0 Å². The molecule has 0 atom stereocenters. The number of hydrogen-bond donors (Lipinski definition) is 2. The van der Waals surface area contributed by atoms with Crippen LogP contribution in [0.1, 0.15) is 26.3 Å².